The average Bonchev–Trinajstić information content (AvgIpc) is 2.78. The number of aromatic nitrogens is 2. The quantitative estimate of drug-likeness (QED) is 0.483. The Bertz CT molecular complexity index is 1240. The fraction of sp³-hybridized carbons (Fsp3) is 0.286. The summed E-state index contributed by atoms with van der Waals surface area (Å²) in [5, 5.41) is 7.75. The lowest BCUT2D eigenvalue weighted by Gasteiger charge is -2.11. The lowest BCUT2D eigenvalue weighted by molar-refractivity contribution is 0.0948. The topological polar surface area (TPSA) is 119 Å². The second kappa shape index (κ2) is 9.71. The van der Waals surface area contributed by atoms with Crippen molar-refractivity contribution >= 4 is 26.7 Å². The van der Waals surface area contributed by atoms with Crippen molar-refractivity contribution in [3.63, 3.8) is 0 Å². The number of hydrogen-bond acceptors (Lipinski definition) is 6. The molecule has 3 rings (SSSR count). The minimum absolute atomic E-state index is 0.00731. The molecule has 0 bridgehead atoms. The SMILES string of the molecule is CCCn1nc(C(=O)NCCNS(=O)(=O)c2ccc(OC)cc2)c2ccccc2c1=O. The highest BCUT2D eigenvalue weighted by Gasteiger charge is 2.17. The number of carbonyl (C=O) groups excluding carboxylic acids is 1. The Kier molecular flexibility index (Phi) is 7.03. The number of aryl methyl sites for hydroxylation is 1. The number of sulfonamides is 1. The minimum Gasteiger partial charge on any atom is -0.497 e. The molecule has 0 radical (unpaired) electrons. The van der Waals surface area contributed by atoms with Gasteiger partial charge in [-0.05, 0) is 36.8 Å². The van der Waals surface area contributed by atoms with Gasteiger partial charge >= 0.3 is 0 Å². The molecule has 2 aromatic carbocycles. The normalized spacial score (nSPS) is 11.4. The molecular formula is C21H24N4O5S. The number of rotatable bonds is 9. The van der Waals surface area contributed by atoms with Gasteiger partial charge in [-0.1, -0.05) is 25.1 Å². The summed E-state index contributed by atoms with van der Waals surface area (Å²) in [6, 6.07) is 12.8. The second-order valence-corrected chi connectivity index (χ2v) is 8.52. The van der Waals surface area contributed by atoms with Crippen LogP contribution in [0.2, 0.25) is 0 Å². The number of fused-ring (bicyclic) bond motifs is 1. The molecule has 0 saturated heterocycles. The molecule has 0 fully saturated rings. The van der Waals surface area contributed by atoms with Gasteiger partial charge in [-0.3, -0.25) is 9.59 Å². The smallest absolute Gasteiger partial charge is 0.274 e. The number of amides is 1. The van der Waals surface area contributed by atoms with Crippen molar-refractivity contribution in [3.8, 4) is 5.75 Å². The Morgan fingerprint density at radius 1 is 1.06 bits per heavy atom. The third-order valence-corrected chi connectivity index (χ3v) is 6.07. The number of hydrogen-bond donors (Lipinski definition) is 2. The molecule has 0 aliphatic rings. The fourth-order valence-electron chi connectivity index (χ4n) is 3.05. The molecule has 1 amide bonds. The highest BCUT2D eigenvalue weighted by molar-refractivity contribution is 7.89. The van der Waals surface area contributed by atoms with Gasteiger partial charge in [0, 0.05) is 25.0 Å². The van der Waals surface area contributed by atoms with Crippen LogP contribution in [0.4, 0.5) is 0 Å². The van der Waals surface area contributed by atoms with E-state index >= 15 is 0 Å². The Hall–Kier alpha value is -3.24. The van der Waals surface area contributed by atoms with Crippen molar-refractivity contribution in [1.29, 1.82) is 0 Å². The van der Waals surface area contributed by atoms with E-state index < -0.39 is 15.9 Å². The van der Waals surface area contributed by atoms with Crippen LogP contribution in [0.25, 0.3) is 10.8 Å². The van der Waals surface area contributed by atoms with Crippen LogP contribution < -0.4 is 20.3 Å². The summed E-state index contributed by atoms with van der Waals surface area (Å²) in [5.74, 6) is 0.0695. The van der Waals surface area contributed by atoms with Gasteiger partial charge in [0.25, 0.3) is 11.5 Å². The zero-order valence-electron chi connectivity index (χ0n) is 17.3. The van der Waals surface area contributed by atoms with Crippen LogP contribution >= 0.6 is 0 Å². The summed E-state index contributed by atoms with van der Waals surface area (Å²) in [6.45, 7) is 2.35. The first kappa shape index (κ1) is 22.4. The molecule has 10 heteroatoms. The van der Waals surface area contributed by atoms with Crippen LogP contribution in [0.3, 0.4) is 0 Å². The Balaban J connectivity index is 1.69. The van der Waals surface area contributed by atoms with E-state index in [-0.39, 0.29) is 29.2 Å². The standard InChI is InChI=1S/C21H24N4O5S/c1-3-14-25-21(27)18-7-5-4-6-17(18)19(24-25)20(26)22-12-13-23-31(28,29)16-10-8-15(30-2)9-11-16/h4-11,23H,3,12-14H2,1-2H3,(H,22,26). The number of methoxy groups -OCH3 is 1. The van der Waals surface area contributed by atoms with Crippen LogP contribution in [-0.2, 0) is 16.6 Å². The van der Waals surface area contributed by atoms with Crippen molar-refractivity contribution in [2.75, 3.05) is 20.2 Å². The molecule has 164 valence electrons. The van der Waals surface area contributed by atoms with Crippen LogP contribution in [0.15, 0.2) is 58.2 Å². The third kappa shape index (κ3) is 5.09. The molecule has 2 N–H and O–H groups in total. The van der Waals surface area contributed by atoms with E-state index in [0.717, 1.165) is 0 Å². The monoisotopic (exact) mass is 444 g/mol. The summed E-state index contributed by atoms with van der Waals surface area (Å²) in [5.41, 5.74) is -0.122. The highest BCUT2D eigenvalue weighted by atomic mass is 32.2. The molecule has 0 atom stereocenters. The molecule has 0 spiro atoms. The van der Waals surface area contributed by atoms with Crippen LogP contribution in [0.1, 0.15) is 23.8 Å². The Morgan fingerprint density at radius 2 is 1.74 bits per heavy atom. The van der Waals surface area contributed by atoms with Gasteiger partial charge in [0.05, 0.1) is 17.4 Å². The van der Waals surface area contributed by atoms with Crippen molar-refractivity contribution < 1.29 is 17.9 Å². The van der Waals surface area contributed by atoms with Gasteiger partial charge in [0.15, 0.2) is 5.69 Å². The predicted molar refractivity (Wildman–Crippen MR) is 117 cm³/mol. The molecule has 0 aliphatic carbocycles. The van der Waals surface area contributed by atoms with Crippen molar-refractivity contribution in [2.45, 2.75) is 24.8 Å². The van der Waals surface area contributed by atoms with Gasteiger partial charge < -0.3 is 10.1 Å². The second-order valence-electron chi connectivity index (χ2n) is 6.75. The lowest BCUT2D eigenvalue weighted by Crippen LogP contribution is -2.36. The van der Waals surface area contributed by atoms with Gasteiger partial charge in [0.2, 0.25) is 10.0 Å². The van der Waals surface area contributed by atoms with E-state index in [1.54, 1.807) is 36.4 Å². The third-order valence-electron chi connectivity index (χ3n) is 4.59. The average molecular weight is 445 g/mol. The molecule has 0 unspecified atom stereocenters. The first-order valence-corrected chi connectivity index (χ1v) is 11.3. The summed E-state index contributed by atoms with van der Waals surface area (Å²) in [6.07, 6.45) is 0.694. The van der Waals surface area contributed by atoms with Crippen molar-refractivity contribution in [3.05, 3.63) is 64.6 Å². The Morgan fingerprint density at radius 3 is 2.39 bits per heavy atom. The molecule has 0 aliphatic heterocycles. The maximum atomic E-state index is 12.7. The summed E-state index contributed by atoms with van der Waals surface area (Å²) in [7, 11) is -2.22. The van der Waals surface area contributed by atoms with E-state index in [1.165, 1.54) is 23.9 Å². The molecule has 9 nitrogen and oxygen atoms in total. The molecule has 1 heterocycles. The highest BCUT2D eigenvalue weighted by Crippen LogP contribution is 2.15. The number of nitrogens with one attached hydrogen (secondary N) is 2. The zero-order valence-corrected chi connectivity index (χ0v) is 18.1. The van der Waals surface area contributed by atoms with Crippen LogP contribution in [0.5, 0.6) is 5.75 Å². The van der Waals surface area contributed by atoms with E-state index in [9.17, 15) is 18.0 Å². The van der Waals surface area contributed by atoms with E-state index in [0.29, 0.717) is 29.5 Å². The first-order valence-electron chi connectivity index (χ1n) is 9.79. The molecule has 31 heavy (non-hydrogen) atoms. The number of benzene rings is 2. The number of ether oxygens (including phenoxy) is 1. The molecule has 0 saturated carbocycles. The summed E-state index contributed by atoms with van der Waals surface area (Å²) in [4.78, 5) is 25.3. The minimum atomic E-state index is -3.72. The van der Waals surface area contributed by atoms with Crippen LogP contribution in [0, 0.1) is 0 Å². The van der Waals surface area contributed by atoms with Gasteiger partial charge in [-0.15, -0.1) is 0 Å². The lowest BCUT2D eigenvalue weighted by atomic mass is 10.1. The maximum Gasteiger partial charge on any atom is 0.274 e. The van der Waals surface area contributed by atoms with E-state index in [4.69, 9.17) is 4.74 Å². The first-order chi connectivity index (χ1) is 14.9. The number of carbonyl (C=O) groups is 1. The predicted octanol–water partition coefficient (Wildman–Crippen LogP) is 1.52. The zero-order chi connectivity index (χ0) is 22.4. The van der Waals surface area contributed by atoms with Gasteiger partial charge in [-0.2, -0.15) is 5.10 Å². The summed E-state index contributed by atoms with van der Waals surface area (Å²) >= 11 is 0. The molecular weight excluding hydrogens is 420 g/mol. The van der Waals surface area contributed by atoms with E-state index in [1.807, 2.05) is 6.92 Å². The fourth-order valence-corrected chi connectivity index (χ4v) is 4.08. The van der Waals surface area contributed by atoms with Gasteiger partial charge in [-0.25, -0.2) is 17.8 Å². The van der Waals surface area contributed by atoms with Gasteiger partial charge in [0.1, 0.15) is 5.75 Å². The Labute approximate surface area is 180 Å². The summed E-state index contributed by atoms with van der Waals surface area (Å²) < 4.78 is 33.5. The van der Waals surface area contributed by atoms with Crippen molar-refractivity contribution in [1.82, 2.24) is 19.8 Å². The maximum absolute atomic E-state index is 12.7. The van der Waals surface area contributed by atoms with E-state index in [2.05, 4.69) is 15.1 Å². The van der Waals surface area contributed by atoms with Crippen LogP contribution in [-0.4, -0.2) is 44.3 Å². The molecule has 1 aromatic heterocycles. The largest absolute Gasteiger partial charge is 0.497 e. The molecule has 3 aromatic rings. The van der Waals surface area contributed by atoms with Crippen molar-refractivity contribution in [2.24, 2.45) is 0 Å². The number of nitrogens with zero attached hydrogens (tertiary/aromatic N) is 2.